The molecule has 0 bridgehead atoms. The molecule has 34 heavy (non-hydrogen) atoms. The first kappa shape index (κ1) is 24.5. The van der Waals surface area contributed by atoms with Gasteiger partial charge in [-0.25, -0.2) is 18.2 Å². The fourth-order valence-electron chi connectivity index (χ4n) is 4.94. The van der Waals surface area contributed by atoms with Crippen molar-refractivity contribution in [3.8, 4) is 0 Å². The molecule has 0 spiro atoms. The highest BCUT2D eigenvalue weighted by atomic mass is 32.2. The quantitative estimate of drug-likeness (QED) is 0.582. The molecular weight excluding hydrogens is 452 g/mol. The Kier molecular flexibility index (Phi) is 7.73. The summed E-state index contributed by atoms with van der Waals surface area (Å²) in [6, 6.07) is 8.09. The molecule has 0 radical (unpaired) electrons. The van der Waals surface area contributed by atoms with E-state index in [0.29, 0.717) is 17.3 Å². The van der Waals surface area contributed by atoms with Crippen molar-refractivity contribution in [1.29, 1.82) is 0 Å². The zero-order valence-corrected chi connectivity index (χ0v) is 20.6. The highest BCUT2D eigenvalue weighted by Crippen LogP contribution is 2.32. The zero-order chi connectivity index (χ0) is 24.1. The summed E-state index contributed by atoms with van der Waals surface area (Å²) >= 11 is 0. The van der Waals surface area contributed by atoms with Gasteiger partial charge in [-0.3, -0.25) is 4.72 Å². The zero-order valence-electron chi connectivity index (χ0n) is 19.7. The van der Waals surface area contributed by atoms with E-state index in [1.807, 2.05) is 0 Å². The molecular formula is C25H34N4O4S. The fourth-order valence-corrected chi connectivity index (χ4v) is 6.24. The lowest BCUT2D eigenvalue weighted by atomic mass is 9.93. The predicted molar refractivity (Wildman–Crippen MR) is 133 cm³/mol. The van der Waals surface area contributed by atoms with Crippen LogP contribution in [-0.4, -0.2) is 62.1 Å². The second kappa shape index (κ2) is 10.7. The van der Waals surface area contributed by atoms with E-state index in [2.05, 4.69) is 19.5 Å². The van der Waals surface area contributed by atoms with Gasteiger partial charge in [0.2, 0.25) is 0 Å². The molecule has 9 heteroatoms. The van der Waals surface area contributed by atoms with Crippen molar-refractivity contribution in [2.24, 2.45) is 5.92 Å². The van der Waals surface area contributed by atoms with Gasteiger partial charge in [-0.05, 0) is 82.3 Å². The van der Waals surface area contributed by atoms with Gasteiger partial charge < -0.3 is 14.9 Å². The summed E-state index contributed by atoms with van der Waals surface area (Å²) in [5, 5.41) is 9.44. The Morgan fingerprint density at radius 2 is 1.82 bits per heavy atom. The van der Waals surface area contributed by atoms with Crippen molar-refractivity contribution >= 4 is 27.5 Å². The summed E-state index contributed by atoms with van der Waals surface area (Å²) in [6.07, 6.45) is 8.46. The van der Waals surface area contributed by atoms with Gasteiger partial charge in [-0.2, -0.15) is 0 Å². The van der Waals surface area contributed by atoms with E-state index in [1.165, 1.54) is 51.0 Å². The third-order valence-electron chi connectivity index (χ3n) is 6.96. The Labute approximate surface area is 202 Å². The fraction of sp³-hybridized carbons (Fsp3) is 0.520. The van der Waals surface area contributed by atoms with Crippen molar-refractivity contribution in [2.45, 2.75) is 50.3 Å². The Morgan fingerprint density at radius 3 is 2.50 bits per heavy atom. The number of hydrogen-bond acceptors (Lipinski definition) is 6. The number of sulfonamides is 1. The number of carbonyl (C=O) groups is 1. The number of benzene rings is 1. The molecule has 2 fully saturated rings. The second-order valence-electron chi connectivity index (χ2n) is 9.39. The number of aromatic carboxylic acids is 1. The van der Waals surface area contributed by atoms with Crippen molar-refractivity contribution in [1.82, 2.24) is 9.88 Å². The molecule has 0 unspecified atom stereocenters. The Bertz CT molecular complexity index is 1110. The molecule has 1 aromatic heterocycles. The lowest BCUT2D eigenvalue weighted by Gasteiger charge is -2.35. The molecule has 184 valence electrons. The number of carboxylic acids is 1. The standard InChI is InChI=1S/C25H34N4O4S/c1-19-7-3-4-8-23(19)34(32,33)27-22-17-21(25(30)31)18-26-24(22)29-15-10-20(11-16-29)9-14-28-12-5-2-6-13-28/h3-4,7-8,17-18,20,27H,2,5-6,9-16H2,1H3,(H,30,31). The van der Waals surface area contributed by atoms with E-state index in [0.717, 1.165) is 32.5 Å². The number of likely N-dealkylation sites (tertiary alicyclic amines) is 1. The van der Waals surface area contributed by atoms with E-state index in [-0.39, 0.29) is 16.1 Å². The number of rotatable bonds is 8. The Morgan fingerprint density at radius 1 is 1.12 bits per heavy atom. The van der Waals surface area contributed by atoms with E-state index >= 15 is 0 Å². The molecule has 2 N–H and O–H groups in total. The normalized spacial score (nSPS) is 18.1. The SMILES string of the molecule is Cc1ccccc1S(=O)(=O)Nc1cc(C(=O)O)cnc1N1CCC(CCN2CCCCC2)CC1. The van der Waals surface area contributed by atoms with E-state index in [1.54, 1.807) is 31.2 Å². The van der Waals surface area contributed by atoms with Crippen molar-refractivity contribution in [2.75, 3.05) is 42.3 Å². The molecule has 2 aromatic rings. The minimum Gasteiger partial charge on any atom is -0.478 e. The number of nitrogens with zero attached hydrogens (tertiary/aromatic N) is 3. The number of aromatic nitrogens is 1. The Hall–Kier alpha value is -2.65. The number of hydrogen-bond donors (Lipinski definition) is 2. The van der Waals surface area contributed by atoms with Crippen LogP contribution in [0.5, 0.6) is 0 Å². The van der Waals surface area contributed by atoms with Gasteiger partial charge in [0.1, 0.15) is 0 Å². The highest BCUT2D eigenvalue weighted by Gasteiger charge is 2.26. The monoisotopic (exact) mass is 486 g/mol. The van der Waals surface area contributed by atoms with E-state index in [9.17, 15) is 18.3 Å². The first-order valence-electron chi connectivity index (χ1n) is 12.1. The molecule has 3 heterocycles. The minimum atomic E-state index is -3.89. The van der Waals surface area contributed by atoms with Gasteiger partial charge in [0.05, 0.1) is 16.1 Å². The van der Waals surface area contributed by atoms with Crippen LogP contribution < -0.4 is 9.62 Å². The van der Waals surface area contributed by atoms with Crippen LogP contribution in [-0.2, 0) is 10.0 Å². The number of piperidine rings is 2. The van der Waals surface area contributed by atoms with Crippen LogP contribution in [0.4, 0.5) is 11.5 Å². The average Bonchev–Trinajstić information content (AvgIpc) is 2.83. The largest absolute Gasteiger partial charge is 0.478 e. The molecule has 0 saturated carbocycles. The summed E-state index contributed by atoms with van der Waals surface area (Å²) in [5.74, 6) is -0.0213. The van der Waals surface area contributed by atoms with Gasteiger partial charge in [-0.1, -0.05) is 24.6 Å². The molecule has 0 amide bonds. The highest BCUT2D eigenvalue weighted by molar-refractivity contribution is 7.92. The summed E-state index contributed by atoms with van der Waals surface area (Å²) in [5.41, 5.74) is 0.769. The van der Waals surface area contributed by atoms with Gasteiger partial charge in [-0.15, -0.1) is 0 Å². The smallest absolute Gasteiger partial charge is 0.337 e. The number of anilines is 2. The van der Waals surface area contributed by atoms with E-state index < -0.39 is 16.0 Å². The van der Waals surface area contributed by atoms with Crippen molar-refractivity contribution < 1.29 is 18.3 Å². The van der Waals surface area contributed by atoms with Crippen LogP contribution in [0.25, 0.3) is 0 Å². The number of pyridine rings is 1. The van der Waals surface area contributed by atoms with Gasteiger partial charge in [0.25, 0.3) is 10.0 Å². The maximum atomic E-state index is 13.1. The maximum absolute atomic E-state index is 13.1. The second-order valence-corrected chi connectivity index (χ2v) is 11.0. The third kappa shape index (κ3) is 5.88. The third-order valence-corrected chi connectivity index (χ3v) is 8.48. The Balaban J connectivity index is 1.48. The summed E-state index contributed by atoms with van der Waals surface area (Å²) in [7, 11) is -3.89. The molecule has 0 aliphatic carbocycles. The summed E-state index contributed by atoms with van der Waals surface area (Å²) in [6.45, 7) is 6.84. The maximum Gasteiger partial charge on any atom is 0.337 e. The number of aryl methyl sites for hydroxylation is 1. The first-order chi connectivity index (χ1) is 16.3. The minimum absolute atomic E-state index is 0.0531. The van der Waals surface area contributed by atoms with Crippen LogP contribution in [0.1, 0.15) is 54.4 Å². The van der Waals surface area contributed by atoms with Crippen molar-refractivity contribution in [3.63, 3.8) is 0 Å². The molecule has 0 atom stereocenters. The van der Waals surface area contributed by atoms with Gasteiger partial charge >= 0.3 is 5.97 Å². The first-order valence-corrected chi connectivity index (χ1v) is 13.6. The molecule has 4 rings (SSSR count). The summed E-state index contributed by atoms with van der Waals surface area (Å²) < 4.78 is 28.8. The molecule has 1 aromatic carbocycles. The van der Waals surface area contributed by atoms with Crippen LogP contribution in [0.15, 0.2) is 41.4 Å². The van der Waals surface area contributed by atoms with Crippen LogP contribution in [0.2, 0.25) is 0 Å². The average molecular weight is 487 g/mol. The summed E-state index contributed by atoms with van der Waals surface area (Å²) in [4.78, 5) is 20.7. The van der Waals surface area contributed by atoms with Gasteiger partial charge in [0.15, 0.2) is 5.82 Å². The molecule has 8 nitrogen and oxygen atoms in total. The van der Waals surface area contributed by atoms with Crippen LogP contribution in [0.3, 0.4) is 0 Å². The van der Waals surface area contributed by atoms with Crippen LogP contribution in [0, 0.1) is 12.8 Å². The topological polar surface area (TPSA) is 103 Å². The molecule has 2 aliphatic rings. The van der Waals surface area contributed by atoms with Crippen LogP contribution >= 0.6 is 0 Å². The number of carboxylic acid groups (broad SMARTS) is 1. The van der Waals surface area contributed by atoms with Gasteiger partial charge in [0, 0.05) is 19.3 Å². The number of nitrogens with one attached hydrogen (secondary N) is 1. The predicted octanol–water partition coefficient (Wildman–Crippen LogP) is 3.98. The lowest BCUT2D eigenvalue weighted by molar-refractivity contribution is 0.0696. The van der Waals surface area contributed by atoms with E-state index in [4.69, 9.17) is 0 Å². The van der Waals surface area contributed by atoms with Crippen molar-refractivity contribution in [3.05, 3.63) is 47.7 Å². The molecule has 2 aliphatic heterocycles. The molecule has 2 saturated heterocycles. The lowest BCUT2D eigenvalue weighted by Crippen LogP contribution is -2.37.